The smallest absolute Gasteiger partial charge is 0.262 e. The highest BCUT2D eigenvalue weighted by molar-refractivity contribution is 7.12. The molecule has 8 nitrogen and oxygen atoms in total. The Hall–Kier alpha value is -3.60. The Balaban J connectivity index is 1.42. The number of ether oxygens (including phenoxy) is 2. The van der Waals surface area contributed by atoms with Crippen LogP contribution in [0.25, 0.3) is 0 Å². The fraction of sp³-hybridized carbons (Fsp3) is 0.345. The number of amides is 2. The van der Waals surface area contributed by atoms with Gasteiger partial charge in [0, 0.05) is 38.2 Å². The Morgan fingerprint density at radius 3 is 2.62 bits per heavy atom. The quantitative estimate of drug-likeness (QED) is 0.402. The minimum absolute atomic E-state index is 0.0576. The summed E-state index contributed by atoms with van der Waals surface area (Å²) in [5.41, 5.74) is 1.58. The Bertz CT molecular complexity index is 1330. The average molecular weight is 551 g/mol. The zero-order valence-corrected chi connectivity index (χ0v) is 22.6. The van der Waals surface area contributed by atoms with Crippen molar-refractivity contribution in [3.8, 4) is 5.75 Å². The monoisotopic (exact) mass is 550 g/mol. The third-order valence-corrected chi connectivity index (χ3v) is 7.90. The van der Waals surface area contributed by atoms with Crippen molar-refractivity contribution in [1.29, 1.82) is 0 Å². The van der Waals surface area contributed by atoms with E-state index in [0.29, 0.717) is 31.9 Å². The van der Waals surface area contributed by atoms with Gasteiger partial charge in [-0.3, -0.25) is 14.5 Å². The van der Waals surface area contributed by atoms with Gasteiger partial charge < -0.3 is 14.4 Å². The zero-order valence-electron chi connectivity index (χ0n) is 21.8. The number of hydrazone groups is 1. The van der Waals surface area contributed by atoms with Crippen molar-refractivity contribution in [2.75, 3.05) is 53.0 Å². The Labute approximate surface area is 231 Å². The highest BCUT2D eigenvalue weighted by Gasteiger charge is 2.36. The van der Waals surface area contributed by atoms with Crippen LogP contribution in [0.5, 0.6) is 5.75 Å². The van der Waals surface area contributed by atoms with Crippen LogP contribution < -0.4 is 4.74 Å². The number of morpholine rings is 1. The van der Waals surface area contributed by atoms with Crippen molar-refractivity contribution in [1.82, 2.24) is 14.8 Å². The van der Waals surface area contributed by atoms with Crippen molar-refractivity contribution >= 4 is 28.9 Å². The number of para-hydroxylation sites is 1. The van der Waals surface area contributed by atoms with Gasteiger partial charge in [0.05, 0.1) is 42.5 Å². The van der Waals surface area contributed by atoms with Crippen LogP contribution in [0.2, 0.25) is 0 Å². The summed E-state index contributed by atoms with van der Waals surface area (Å²) < 4.78 is 25.6. The number of benzene rings is 2. The summed E-state index contributed by atoms with van der Waals surface area (Å²) in [6, 6.07) is 17.0. The predicted molar refractivity (Wildman–Crippen MR) is 148 cm³/mol. The summed E-state index contributed by atoms with van der Waals surface area (Å²) in [7, 11) is 1.60. The topological polar surface area (TPSA) is 74.7 Å². The van der Waals surface area contributed by atoms with E-state index in [1.165, 1.54) is 28.1 Å². The Morgan fingerprint density at radius 2 is 1.87 bits per heavy atom. The molecule has 10 heteroatoms. The lowest BCUT2D eigenvalue weighted by molar-refractivity contribution is -0.133. The maximum absolute atomic E-state index is 14.6. The van der Waals surface area contributed by atoms with Crippen LogP contribution in [-0.4, -0.2) is 85.4 Å². The number of nitrogens with zero attached hydrogens (tertiary/aromatic N) is 4. The minimum Gasteiger partial charge on any atom is -0.496 e. The summed E-state index contributed by atoms with van der Waals surface area (Å²) in [5, 5.41) is 8.17. The molecular formula is C29H31FN4O4S. The molecule has 1 saturated heterocycles. The van der Waals surface area contributed by atoms with Gasteiger partial charge in [0.1, 0.15) is 18.1 Å². The van der Waals surface area contributed by atoms with Gasteiger partial charge in [-0.1, -0.05) is 36.4 Å². The van der Waals surface area contributed by atoms with Crippen LogP contribution in [0, 0.1) is 5.82 Å². The summed E-state index contributed by atoms with van der Waals surface area (Å²) in [6.45, 7) is 3.32. The first-order valence-electron chi connectivity index (χ1n) is 13.0. The molecule has 5 rings (SSSR count). The van der Waals surface area contributed by atoms with Gasteiger partial charge in [-0.05, 0) is 29.6 Å². The number of rotatable bonds is 9. The molecule has 0 unspecified atom stereocenters. The normalized spacial score (nSPS) is 17.6. The molecule has 3 aromatic rings. The lowest BCUT2D eigenvalue weighted by Gasteiger charge is -2.31. The number of hydrogen-bond donors (Lipinski definition) is 0. The first-order chi connectivity index (χ1) is 19.0. The SMILES string of the molecule is COc1ccccc1[C@H]1CC(c2cccs2)=NN1C(=O)CN(CCN1CCOCC1)C(=O)c1ccccc1F. The van der Waals surface area contributed by atoms with Crippen LogP contribution in [0.4, 0.5) is 4.39 Å². The van der Waals surface area contributed by atoms with Crippen LogP contribution in [0.1, 0.15) is 33.3 Å². The molecule has 0 N–H and O–H groups in total. The molecule has 0 bridgehead atoms. The van der Waals surface area contributed by atoms with Gasteiger partial charge in [0.15, 0.2) is 0 Å². The van der Waals surface area contributed by atoms with Crippen molar-refractivity contribution in [2.24, 2.45) is 5.10 Å². The van der Waals surface area contributed by atoms with Crippen molar-refractivity contribution in [3.63, 3.8) is 0 Å². The minimum atomic E-state index is -0.614. The molecule has 2 aliphatic rings. The lowest BCUT2D eigenvalue weighted by Crippen LogP contribution is -2.46. The standard InChI is InChI=1S/C29H31FN4O4S/c1-37-26-10-5-3-8-22(26)25-19-24(27-11-6-18-39-27)31-34(25)28(35)20-33(13-12-32-14-16-38-17-15-32)29(36)21-7-2-4-9-23(21)30/h2-11,18,25H,12-17,19-20H2,1H3/t25-/m1/s1. The number of thiophene rings is 1. The highest BCUT2D eigenvalue weighted by Crippen LogP contribution is 2.38. The van der Waals surface area contributed by atoms with Crippen molar-refractivity contribution in [2.45, 2.75) is 12.5 Å². The molecule has 39 heavy (non-hydrogen) atoms. The average Bonchev–Trinajstić information content (AvgIpc) is 3.66. The Morgan fingerprint density at radius 1 is 1.10 bits per heavy atom. The van der Waals surface area contributed by atoms with Gasteiger partial charge in [0.25, 0.3) is 11.8 Å². The van der Waals surface area contributed by atoms with Gasteiger partial charge in [-0.15, -0.1) is 11.3 Å². The second-order valence-electron chi connectivity index (χ2n) is 9.38. The molecule has 204 valence electrons. The number of halogens is 1. The van der Waals surface area contributed by atoms with E-state index >= 15 is 0 Å². The van der Waals surface area contributed by atoms with Gasteiger partial charge in [0.2, 0.25) is 0 Å². The van der Waals surface area contributed by atoms with Gasteiger partial charge in [-0.2, -0.15) is 5.10 Å². The molecule has 3 heterocycles. The first kappa shape index (κ1) is 27.0. The van der Waals surface area contributed by atoms with Crippen molar-refractivity contribution in [3.05, 3.63) is 87.9 Å². The fourth-order valence-corrected chi connectivity index (χ4v) is 5.62. The largest absolute Gasteiger partial charge is 0.496 e. The third kappa shape index (κ3) is 6.19. The summed E-state index contributed by atoms with van der Waals surface area (Å²) in [4.78, 5) is 32.0. The van der Waals surface area contributed by atoms with Gasteiger partial charge in [-0.25, -0.2) is 9.40 Å². The van der Waals surface area contributed by atoms with E-state index in [-0.39, 0.29) is 24.6 Å². The van der Waals surface area contributed by atoms with E-state index < -0.39 is 17.8 Å². The third-order valence-electron chi connectivity index (χ3n) is 6.98. The second-order valence-corrected chi connectivity index (χ2v) is 10.3. The molecule has 2 aromatic carbocycles. The van der Waals surface area contributed by atoms with Crippen LogP contribution in [-0.2, 0) is 9.53 Å². The van der Waals surface area contributed by atoms with E-state index in [9.17, 15) is 14.0 Å². The molecule has 2 aliphatic heterocycles. The Kier molecular flexibility index (Phi) is 8.65. The van der Waals surface area contributed by atoms with Crippen LogP contribution in [0.15, 0.2) is 71.1 Å². The molecular weight excluding hydrogens is 519 g/mol. The fourth-order valence-electron chi connectivity index (χ4n) is 4.90. The first-order valence-corrected chi connectivity index (χ1v) is 13.8. The molecule has 0 saturated carbocycles. The van der Waals surface area contributed by atoms with E-state index in [2.05, 4.69) is 4.90 Å². The molecule has 0 radical (unpaired) electrons. The zero-order chi connectivity index (χ0) is 27.2. The number of carbonyl (C=O) groups excluding carboxylic acids is 2. The van der Waals surface area contributed by atoms with E-state index in [4.69, 9.17) is 14.6 Å². The summed E-state index contributed by atoms with van der Waals surface area (Å²) in [6.07, 6.45) is 0.516. The number of hydrogen-bond acceptors (Lipinski definition) is 7. The molecule has 1 atom stereocenters. The summed E-state index contributed by atoms with van der Waals surface area (Å²) in [5.74, 6) is -0.818. The molecule has 1 fully saturated rings. The summed E-state index contributed by atoms with van der Waals surface area (Å²) >= 11 is 1.56. The maximum Gasteiger partial charge on any atom is 0.262 e. The molecule has 1 aromatic heterocycles. The number of carbonyl (C=O) groups is 2. The van der Waals surface area contributed by atoms with E-state index in [1.807, 2.05) is 41.8 Å². The predicted octanol–water partition coefficient (Wildman–Crippen LogP) is 4.05. The van der Waals surface area contributed by atoms with E-state index in [1.54, 1.807) is 24.5 Å². The lowest BCUT2D eigenvalue weighted by atomic mass is 10.00. The van der Waals surface area contributed by atoms with Crippen molar-refractivity contribution < 1.29 is 23.5 Å². The van der Waals surface area contributed by atoms with E-state index in [0.717, 1.165) is 29.2 Å². The maximum atomic E-state index is 14.6. The van der Waals surface area contributed by atoms with Gasteiger partial charge >= 0.3 is 0 Å². The molecule has 0 spiro atoms. The molecule has 0 aliphatic carbocycles. The molecule has 2 amide bonds. The van der Waals surface area contributed by atoms with Crippen LogP contribution in [0.3, 0.4) is 0 Å². The highest BCUT2D eigenvalue weighted by atomic mass is 32.1. The van der Waals surface area contributed by atoms with Crippen LogP contribution >= 0.6 is 11.3 Å². The second kappa shape index (κ2) is 12.5. The number of methoxy groups -OCH3 is 1.